The average molecular weight is 389 g/mol. The number of carbonyl (C=O) groups excluding carboxylic acids is 2. The standard InChI is InChI=1S/C16H13ClN6O2S/c17-9-6-26-16(13(9)14-19-7-20-23-14)22-12(24)5-8-4-11-10(21-15(8)25)2-1-3-18-11/h1-3,6-8H,4-5H2,(H,21,25)(H,22,24)(H,19,20,23). The van der Waals surface area contributed by atoms with E-state index in [1.807, 2.05) is 0 Å². The van der Waals surface area contributed by atoms with E-state index in [4.69, 9.17) is 11.6 Å². The highest BCUT2D eigenvalue weighted by atomic mass is 35.5. The Balaban J connectivity index is 1.48. The molecule has 0 bridgehead atoms. The summed E-state index contributed by atoms with van der Waals surface area (Å²) in [4.78, 5) is 33.1. The minimum absolute atomic E-state index is 0.0488. The number of carbonyl (C=O) groups is 2. The lowest BCUT2D eigenvalue weighted by Crippen LogP contribution is -2.33. The predicted molar refractivity (Wildman–Crippen MR) is 98.0 cm³/mol. The zero-order valence-corrected chi connectivity index (χ0v) is 14.9. The van der Waals surface area contributed by atoms with E-state index in [9.17, 15) is 9.59 Å². The first-order valence-electron chi connectivity index (χ1n) is 7.79. The lowest BCUT2D eigenvalue weighted by atomic mass is 9.93. The quantitative estimate of drug-likeness (QED) is 0.636. The fraction of sp³-hybridized carbons (Fsp3) is 0.188. The number of aromatic amines is 1. The largest absolute Gasteiger partial charge is 0.324 e. The van der Waals surface area contributed by atoms with Crippen LogP contribution in [0.4, 0.5) is 10.7 Å². The lowest BCUT2D eigenvalue weighted by molar-refractivity contribution is -0.125. The van der Waals surface area contributed by atoms with Crippen molar-refractivity contribution in [3.05, 3.63) is 40.8 Å². The third-order valence-corrected chi connectivity index (χ3v) is 5.36. The normalized spacial score (nSPS) is 16.0. The molecule has 0 aromatic carbocycles. The number of aromatic nitrogens is 4. The van der Waals surface area contributed by atoms with Crippen LogP contribution in [0.2, 0.25) is 5.02 Å². The molecule has 0 saturated heterocycles. The van der Waals surface area contributed by atoms with E-state index >= 15 is 0 Å². The molecule has 0 radical (unpaired) electrons. The van der Waals surface area contributed by atoms with Crippen LogP contribution in [0.1, 0.15) is 12.1 Å². The van der Waals surface area contributed by atoms with Gasteiger partial charge in [-0.3, -0.25) is 19.7 Å². The van der Waals surface area contributed by atoms with Gasteiger partial charge in [-0.05, 0) is 12.1 Å². The van der Waals surface area contributed by atoms with Crippen LogP contribution in [-0.4, -0.2) is 32.0 Å². The van der Waals surface area contributed by atoms with Crippen LogP contribution in [-0.2, 0) is 16.0 Å². The number of H-pyrrole nitrogens is 1. The van der Waals surface area contributed by atoms with Crippen LogP contribution in [0.25, 0.3) is 11.4 Å². The van der Waals surface area contributed by atoms with Gasteiger partial charge < -0.3 is 10.6 Å². The second-order valence-corrected chi connectivity index (χ2v) is 7.05. The van der Waals surface area contributed by atoms with Crippen molar-refractivity contribution in [2.75, 3.05) is 10.6 Å². The number of hydrogen-bond donors (Lipinski definition) is 3. The van der Waals surface area contributed by atoms with Gasteiger partial charge in [-0.15, -0.1) is 11.3 Å². The highest BCUT2D eigenvalue weighted by Gasteiger charge is 2.29. The molecule has 132 valence electrons. The van der Waals surface area contributed by atoms with Gasteiger partial charge in [-0.25, -0.2) is 4.98 Å². The third kappa shape index (κ3) is 3.18. The Hall–Kier alpha value is -2.78. The van der Waals surface area contributed by atoms with E-state index in [-0.39, 0.29) is 18.2 Å². The van der Waals surface area contributed by atoms with Gasteiger partial charge in [-0.1, -0.05) is 11.6 Å². The summed E-state index contributed by atoms with van der Waals surface area (Å²) in [5.41, 5.74) is 2.07. The molecular weight excluding hydrogens is 376 g/mol. The van der Waals surface area contributed by atoms with Gasteiger partial charge in [0.15, 0.2) is 5.82 Å². The summed E-state index contributed by atoms with van der Waals surface area (Å²) in [5, 5.41) is 14.9. The number of thiophene rings is 1. The second kappa shape index (κ2) is 6.85. The summed E-state index contributed by atoms with van der Waals surface area (Å²) < 4.78 is 0. The van der Waals surface area contributed by atoms with Crippen molar-refractivity contribution >= 4 is 45.4 Å². The maximum absolute atomic E-state index is 12.5. The van der Waals surface area contributed by atoms with E-state index < -0.39 is 5.92 Å². The summed E-state index contributed by atoms with van der Waals surface area (Å²) in [7, 11) is 0. The van der Waals surface area contributed by atoms with Crippen molar-refractivity contribution < 1.29 is 9.59 Å². The molecule has 2 amide bonds. The smallest absolute Gasteiger partial charge is 0.228 e. The van der Waals surface area contributed by atoms with Crippen molar-refractivity contribution in [2.24, 2.45) is 5.92 Å². The first-order valence-corrected chi connectivity index (χ1v) is 9.05. The number of fused-ring (bicyclic) bond motifs is 1. The monoisotopic (exact) mass is 388 g/mol. The van der Waals surface area contributed by atoms with Gasteiger partial charge in [0.2, 0.25) is 11.8 Å². The van der Waals surface area contributed by atoms with Crippen molar-refractivity contribution in [1.29, 1.82) is 0 Å². The highest BCUT2D eigenvalue weighted by Crippen LogP contribution is 2.38. The molecule has 3 aromatic rings. The summed E-state index contributed by atoms with van der Waals surface area (Å²) in [6.45, 7) is 0. The molecule has 3 aromatic heterocycles. The fourth-order valence-electron chi connectivity index (χ4n) is 2.82. The van der Waals surface area contributed by atoms with Gasteiger partial charge in [-0.2, -0.15) is 5.10 Å². The van der Waals surface area contributed by atoms with Crippen LogP contribution in [0.3, 0.4) is 0 Å². The number of halogens is 1. The van der Waals surface area contributed by atoms with Crippen LogP contribution in [0.15, 0.2) is 30.0 Å². The minimum Gasteiger partial charge on any atom is -0.324 e. The number of pyridine rings is 1. The zero-order valence-electron chi connectivity index (χ0n) is 13.3. The number of rotatable bonds is 4. The molecule has 26 heavy (non-hydrogen) atoms. The van der Waals surface area contributed by atoms with E-state index in [1.54, 1.807) is 23.7 Å². The predicted octanol–water partition coefficient (Wildman–Crippen LogP) is 2.72. The number of amides is 2. The lowest BCUT2D eigenvalue weighted by Gasteiger charge is -2.23. The Morgan fingerprint density at radius 3 is 3.12 bits per heavy atom. The molecule has 0 saturated carbocycles. The van der Waals surface area contributed by atoms with Crippen LogP contribution < -0.4 is 10.6 Å². The van der Waals surface area contributed by atoms with E-state index in [0.717, 1.165) is 5.69 Å². The molecule has 3 N–H and O–H groups in total. The topological polar surface area (TPSA) is 113 Å². The molecule has 0 fully saturated rings. The number of anilines is 2. The summed E-state index contributed by atoms with van der Waals surface area (Å²) in [5.74, 6) is -0.453. The second-order valence-electron chi connectivity index (χ2n) is 5.76. The zero-order chi connectivity index (χ0) is 18.1. The summed E-state index contributed by atoms with van der Waals surface area (Å²) >= 11 is 7.48. The summed E-state index contributed by atoms with van der Waals surface area (Å²) in [6.07, 6.45) is 3.51. The minimum atomic E-state index is -0.471. The van der Waals surface area contributed by atoms with Gasteiger partial charge in [0.25, 0.3) is 0 Å². The number of nitrogens with one attached hydrogen (secondary N) is 3. The Labute approximate surface area is 157 Å². The highest BCUT2D eigenvalue weighted by molar-refractivity contribution is 7.15. The van der Waals surface area contributed by atoms with Gasteiger partial charge in [0.1, 0.15) is 11.3 Å². The Morgan fingerprint density at radius 1 is 1.42 bits per heavy atom. The van der Waals surface area contributed by atoms with E-state index in [1.165, 1.54) is 17.7 Å². The van der Waals surface area contributed by atoms with Crippen molar-refractivity contribution in [3.8, 4) is 11.4 Å². The van der Waals surface area contributed by atoms with Crippen molar-refractivity contribution in [2.45, 2.75) is 12.8 Å². The van der Waals surface area contributed by atoms with Crippen molar-refractivity contribution in [3.63, 3.8) is 0 Å². The maximum atomic E-state index is 12.5. The van der Waals surface area contributed by atoms with Crippen molar-refractivity contribution in [1.82, 2.24) is 20.2 Å². The van der Waals surface area contributed by atoms with E-state index in [2.05, 4.69) is 30.8 Å². The average Bonchev–Trinajstić information content (AvgIpc) is 3.25. The van der Waals surface area contributed by atoms with Crippen LogP contribution in [0.5, 0.6) is 0 Å². The number of hydrogen-bond acceptors (Lipinski definition) is 6. The molecule has 0 aliphatic carbocycles. The molecule has 1 unspecified atom stereocenters. The Morgan fingerprint density at radius 2 is 2.31 bits per heavy atom. The molecular formula is C16H13ClN6O2S. The first-order chi connectivity index (χ1) is 12.6. The molecule has 1 aliphatic heterocycles. The number of nitrogens with zero attached hydrogens (tertiary/aromatic N) is 3. The molecule has 4 rings (SSSR count). The SMILES string of the molecule is O=C(CC1Cc2ncccc2NC1=O)Nc1scc(Cl)c1-c1ncn[nH]1. The van der Waals surface area contributed by atoms with Crippen LogP contribution >= 0.6 is 22.9 Å². The van der Waals surface area contributed by atoms with Gasteiger partial charge in [0.05, 0.1) is 27.9 Å². The van der Waals surface area contributed by atoms with Crippen LogP contribution in [0, 0.1) is 5.92 Å². The summed E-state index contributed by atoms with van der Waals surface area (Å²) in [6, 6.07) is 3.56. The van der Waals surface area contributed by atoms with E-state index in [0.29, 0.717) is 33.5 Å². The molecule has 1 aliphatic rings. The molecule has 10 heteroatoms. The fourth-order valence-corrected chi connectivity index (χ4v) is 4.03. The maximum Gasteiger partial charge on any atom is 0.228 e. The Kier molecular flexibility index (Phi) is 4.39. The van der Waals surface area contributed by atoms with Gasteiger partial charge in [0, 0.05) is 24.4 Å². The molecule has 1 atom stereocenters. The first kappa shape index (κ1) is 16.7. The molecule has 4 heterocycles. The third-order valence-electron chi connectivity index (χ3n) is 4.04. The Bertz CT molecular complexity index is 971. The molecule has 0 spiro atoms. The van der Waals surface area contributed by atoms with Gasteiger partial charge >= 0.3 is 0 Å². The molecule has 8 nitrogen and oxygen atoms in total.